The summed E-state index contributed by atoms with van der Waals surface area (Å²) < 4.78 is 5.04. The molecule has 1 N–H and O–H groups in total. The highest BCUT2D eigenvalue weighted by atomic mass is 35.5. The van der Waals surface area contributed by atoms with Crippen molar-refractivity contribution in [2.45, 2.75) is 0 Å². The van der Waals surface area contributed by atoms with Crippen LogP contribution in [0.2, 0.25) is 5.02 Å². The topological polar surface area (TPSA) is 38.3 Å². The molecule has 0 aliphatic carbocycles. The number of halogens is 1. The minimum absolute atomic E-state index is 0.170. The fourth-order valence-electron chi connectivity index (χ4n) is 1.48. The van der Waals surface area contributed by atoms with Gasteiger partial charge in [0.15, 0.2) is 0 Å². The lowest BCUT2D eigenvalue weighted by Gasteiger charge is -2.06. The Labute approximate surface area is 110 Å². The van der Waals surface area contributed by atoms with E-state index in [0.717, 1.165) is 11.4 Å². The monoisotopic (exact) mass is 261 g/mol. The van der Waals surface area contributed by atoms with Crippen LogP contribution < -0.4 is 10.1 Å². The minimum atomic E-state index is -0.170. The van der Waals surface area contributed by atoms with Crippen molar-refractivity contribution in [2.75, 3.05) is 12.4 Å². The highest BCUT2D eigenvalue weighted by Gasteiger charge is 2.05. The van der Waals surface area contributed by atoms with E-state index in [9.17, 15) is 4.79 Å². The Balaban J connectivity index is 2.08. The number of methoxy groups -OCH3 is 1. The van der Waals surface area contributed by atoms with Crippen molar-refractivity contribution >= 4 is 23.2 Å². The maximum atomic E-state index is 11.9. The second kappa shape index (κ2) is 5.56. The van der Waals surface area contributed by atoms with Crippen LogP contribution in [-0.4, -0.2) is 13.0 Å². The van der Waals surface area contributed by atoms with Crippen molar-refractivity contribution in [3.63, 3.8) is 0 Å². The van der Waals surface area contributed by atoms with Gasteiger partial charge in [-0.3, -0.25) is 4.79 Å². The van der Waals surface area contributed by atoms with Crippen LogP contribution in [0.5, 0.6) is 5.75 Å². The number of ether oxygens (including phenoxy) is 1. The number of benzene rings is 2. The summed E-state index contributed by atoms with van der Waals surface area (Å²) in [5.41, 5.74) is 1.28. The second-order valence-corrected chi connectivity index (χ2v) is 4.13. The number of rotatable bonds is 3. The quantitative estimate of drug-likeness (QED) is 0.917. The number of hydrogen-bond donors (Lipinski definition) is 1. The fourth-order valence-corrected chi connectivity index (χ4v) is 1.60. The summed E-state index contributed by atoms with van der Waals surface area (Å²) in [6.45, 7) is 0. The molecule has 0 aliphatic heterocycles. The molecule has 0 aromatic heterocycles. The Hall–Kier alpha value is -2.00. The van der Waals surface area contributed by atoms with Crippen molar-refractivity contribution < 1.29 is 9.53 Å². The van der Waals surface area contributed by atoms with E-state index in [1.54, 1.807) is 55.6 Å². The molecule has 0 saturated carbocycles. The molecule has 2 aromatic rings. The SMILES string of the molecule is COc1ccc(NC(=O)c2ccc(Cl)cc2)cc1. The van der Waals surface area contributed by atoms with Gasteiger partial charge in [0.1, 0.15) is 5.75 Å². The molecule has 0 aliphatic rings. The molecule has 0 heterocycles. The van der Waals surface area contributed by atoms with Crippen LogP contribution in [0, 0.1) is 0 Å². The van der Waals surface area contributed by atoms with Crippen LogP contribution in [0.4, 0.5) is 5.69 Å². The first kappa shape index (κ1) is 12.5. The third-order valence-electron chi connectivity index (χ3n) is 2.45. The molecular weight excluding hydrogens is 250 g/mol. The van der Waals surface area contributed by atoms with Crippen LogP contribution >= 0.6 is 11.6 Å². The average molecular weight is 262 g/mol. The highest BCUT2D eigenvalue weighted by molar-refractivity contribution is 6.30. The standard InChI is InChI=1S/C14H12ClNO2/c1-18-13-8-6-12(7-9-13)16-14(17)10-2-4-11(15)5-3-10/h2-9H,1H3,(H,16,17). The van der Waals surface area contributed by atoms with Gasteiger partial charge in [0.2, 0.25) is 0 Å². The third kappa shape index (κ3) is 3.02. The molecule has 0 fully saturated rings. The van der Waals surface area contributed by atoms with Gasteiger partial charge in [-0.15, -0.1) is 0 Å². The Morgan fingerprint density at radius 2 is 1.67 bits per heavy atom. The van der Waals surface area contributed by atoms with Crippen LogP contribution in [0.1, 0.15) is 10.4 Å². The molecule has 3 nitrogen and oxygen atoms in total. The molecule has 0 unspecified atom stereocenters. The molecule has 2 aromatic carbocycles. The Bertz CT molecular complexity index is 535. The van der Waals surface area contributed by atoms with Gasteiger partial charge in [0, 0.05) is 16.3 Å². The van der Waals surface area contributed by atoms with Gasteiger partial charge in [0.25, 0.3) is 5.91 Å². The van der Waals surface area contributed by atoms with E-state index >= 15 is 0 Å². The molecule has 1 amide bonds. The predicted octanol–water partition coefficient (Wildman–Crippen LogP) is 3.60. The Morgan fingerprint density at radius 3 is 2.22 bits per heavy atom. The zero-order chi connectivity index (χ0) is 13.0. The molecule has 2 rings (SSSR count). The largest absolute Gasteiger partial charge is 0.497 e. The van der Waals surface area contributed by atoms with Crippen LogP contribution in [0.15, 0.2) is 48.5 Å². The van der Waals surface area contributed by atoms with Gasteiger partial charge in [-0.25, -0.2) is 0 Å². The van der Waals surface area contributed by atoms with Gasteiger partial charge < -0.3 is 10.1 Å². The van der Waals surface area contributed by atoms with Crippen molar-refractivity contribution in [2.24, 2.45) is 0 Å². The fraction of sp³-hybridized carbons (Fsp3) is 0.0714. The number of anilines is 1. The number of carbonyl (C=O) groups is 1. The van der Waals surface area contributed by atoms with E-state index in [-0.39, 0.29) is 5.91 Å². The normalized spacial score (nSPS) is 9.89. The van der Waals surface area contributed by atoms with Crippen molar-refractivity contribution in [1.82, 2.24) is 0 Å². The zero-order valence-corrected chi connectivity index (χ0v) is 10.6. The maximum absolute atomic E-state index is 11.9. The first-order valence-corrected chi connectivity index (χ1v) is 5.78. The first-order valence-electron chi connectivity index (χ1n) is 5.40. The Kier molecular flexibility index (Phi) is 3.85. The molecule has 0 bridgehead atoms. The summed E-state index contributed by atoms with van der Waals surface area (Å²) in [4.78, 5) is 11.9. The number of nitrogens with one attached hydrogen (secondary N) is 1. The lowest BCUT2D eigenvalue weighted by molar-refractivity contribution is 0.102. The molecule has 0 saturated heterocycles. The van der Waals surface area contributed by atoms with E-state index in [0.29, 0.717) is 10.6 Å². The van der Waals surface area contributed by atoms with Crippen LogP contribution in [0.25, 0.3) is 0 Å². The molecule has 0 spiro atoms. The number of hydrogen-bond acceptors (Lipinski definition) is 2. The first-order chi connectivity index (χ1) is 8.69. The zero-order valence-electron chi connectivity index (χ0n) is 9.81. The molecule has 92 valence electrons. The summed E-state index contributed by atoms with van der Waals surface area (Å²) in [6, 6.07) is 13.9. The van der Waals surface area contributed by atoms with E-state index in [1.807, 2.05) is 0 Å². The molecule has 0 atom stereocenters. The average Bonchev–Trinajstić information content (AvgIpc) is 2.40. The molecule has 0 radical (unpaired) electrons. The van der Waals surface area contributed by atoms with E-state index in [4.69, 9.17) is 16.3 Å². The smallest absolute Gasteiger partial charge is 0.255 e. The summed E-state index contributed by atoms with van der Waals surface area (Å²) in [5.74, 6) is 0.580. The number of carbonyl (C=O) groups excluding carboxylic acids is 1. The summed E-state index contributed by atoms with van der Waals surface area (Å²) >= 11 is 5.76. The second-order valence-electron chi connectivity index (χ2n) is 3.69. The van der Waals surface area contributed by atoms with Crippen LogP contribution in [-0.2, 0) is 0 Å². The molecule has 18 heavy (non-hydrogen) atoms. The summed E-state index contributed by atoms with van der Waals surface area (Å²) in [5, 5.41) is 3.40. The van der Waals surface area contributed by atoms with E-state index in [1.165, 1.54) is 0 Å². The van der Waals surface area contributed by atoms with Gasteiger partial charge in [-0.05, 0) is 48.5 Å². The van der Waals surface area contributed by atoms with Gasteiger partial charge >= 0.3 is 0 Å². The van der Waals surface area contributed by atoms with Gasteiger partial charge in [0.05, 0.1) is 7.11 Å². The van der Waals surface area contributed by atoms with Crippen LogP contribution in [0.3, 0.4) is 0 Å². The highest BCUT2D eigenvalue weighted by Crippen LogP contribution is 2.16. The molecule has 4 heteroatoms. The lowest BCUT2D eigenvalue weighted by atomic mass is 10.2. The molecular formula is C14H12ClNO2. The maximum Gasteiger partial charge on any atom is 0.255 e. The van der Waals surface area contributed by atoms with Crippen molar-refractivity contribution in [3.05, 3.63) is 59.1 Å². The lowest BCUT2D eigenvalue weighted by Crippen LogP contribution is -2.11. The van der Waals surface area contributed by atoms with Crippen molar-refractivity contribution in [3.8, 4) is 5.75 Å². The Morgan fingerprint density at radius 1 is 1.06 bits per heavy atom. The third-order valence-corrected chi connectivity index (χ3v) is 2.71. The summed E-state index contributed by atoms with van der Waals surface area (Å²) in [6.07, 6.45) is 0. The van der Waals surface area contributed by atoms with E-state index < -0.39 is 0 Å². The van der Waals surface area contributed by atoms with E-state index in [2.05, 4.69) is 5.32 Å². The number of amides is 1. The minimum Gasteiger partial charge on any atom is -0.497 e. The van der Waals surface area contributed by atoms with Gasteiger partial charge in [-0.1, -0.05) is 11.6 Å². The predicted molar refractivity (Wildman–Crippen MR) is 72.4 cm³/mol. The van der Waals surface area contributed by atoms with Gasteiger partial charge in [-0.2, -0.15) is 0 Å². The summed E-state index contributed by atoms with van der Waals surface area (Å²) in [7, 11) is 1.60. The van der Waals surface area contributed by atoms with Crippen molar-refractivity contribution in [1.29, 1.82) is 0 Å².